The van der Waals surface area contributed by atoms with Crippen molar-refractivity contribution in [1.29, 1.82) is 0 Å². The molecule has 1 saturated heterocycles. The highest BCUT2D eigenvalue weighted by Crippen LogP contribution is 2.19. The molecule has 0 saturated carbocycles. The van der Waals surface area contributed by atoms with Gasteiger partial charge in [-0.05, 0) is 63.7 Å². The SMILES string of the molecule is Cc1ccccc1CS(=O)(=O)NCC1CCN(C(C)C)CC1. The fraction of sp³-hybridized carbons (Fsp3) is 0.647. The van der Waals surface area contributed by atoms with E-state index in [4.69, 9.17) is 0 Å². The second-order valence-electron chi connectivity index (χ2n) is 6.61. The highest BCUT2D eigenvalue weighted by atomic mass is 32.2. The van der Waals surface area contributed by atoms with Crippen LogP contribution in [0.4, 0.5) is 0 Å². The van der Waals surface area contributed by atoms with E-state index in [0.29, 0.717) is 18.5 Å². The maximum atomic E-state index is 12.2. The predicted molar refractivity (Wildman–Crippen MR) is 91.2 cm³/mol. The van der Waals surface area contributed by atoms with Gasteiger partial charge in [-0.3, -0.25) is 0 Å². The van der Waals surface area contributed by atoms with Crippen LogP contribution in [0.3, 0.4) is 0 Å². The van der Waals surface area contributed by atoms with Gasteiger partial charge in [0.05, 0.1) is 5.75 Å². The molecule has 0 amide bonds. The summed E-state index contributed by atoms with van der Waals surface area (Å²) in [6, 6.07) is 8.24. The Morgan fingerprint density at radius 1 is 1.23 bits per heavy atom. The van der Waals surface area contributed by atoms with E-state index in [1.807, 2.05) is 31.2 Å². The smallest absolute Gasteiger partial charge is 0.215 e. The Kier molecular flexibility index (Phi) is 6.01. The molecule has 1 N–H and O–H groups in total. The van der Waals surface area contributed by atoms with Crippen LogP contribution in [0.5, 0.6) is 0 Å². The number of nitrogens with zero attached hydrogens (tertiary/aromatic N) is 1. The maximum Gasteiger partial charge on any atom is 0.215 e. The molecule has 0 spiro atoms. The maximum absolute atomic E-state index is 12.2. The highest BCUT2D eigenvalue weighted by molar-refractivity contribution is 7.88. The van der Waals surface area contributed by atoms with Crippen LogP contribution in [0.15, 0.2) is 24.3 Å². The number of piperidine rings is 1. The van der Waals surface area contributed by atoms with Crippen molar-refractivity contribution in [2.45, 2.75) is 45.4 Å². The van der Waals surface area contributed by atoms with Gasteiger partial charge in [-0.2, -0.15) is 0 Å². The molecule has 0 atom stereocenters. The van der Waals surface area contributed by atoms with E-state index in [-0.39, 0.29) is 5.75 Å². The lowest BCUT2D eigenvalue weighted by molar-refractivity contribution is 0.150. The zero-order valence-corrected chi connectivity index (χ0v) is 14.7. The number of hydrogen-bond donors (Lipinski definition) is 1. The fourth-order valence-electron chi connectivity index (χ4n) is 2.95. The molecule has 0 radical (unpaired) electrons. The van der Waals surface area contributed by atoms with Gasteiger partial charge >= 0.3 is 0 Å². The standard InChI is InChI=1S/C17H28N2O2S/c1-14(2)19-10-8-16(9-11-19)12-18-22(20,21)13-17-7-5-4-6-15(17)3/h4-7,14,16,18H,8-13H2,1-3H3. The molecule has 4 nitrogen and oxygen atoms in total. The van der Waals surface area contributed by atoms with Crippen molar-refractivity contribution in [2.75, 3.05) is 19.6 Å². The Morgan fingerprint density at radius 2 is 1.86 bits per heavy atom. The summed E-state index contributed by atoms with van der Waals surface area (Å²) in [6.07, 6.45) is 2.15. The Morgan fingerprint density at radius 3 is 2.45 bits per heavy atom. The summed E-state index contributed by atoms with van der Waals surface area (Å²) in [6.45, 7) is 9.09. The Balaban J connectivity index is 1.82. The second kappa shape index (κ2) is 7.57. The number of nitrogens with one attached hydrogen (secondary N) is 1. The molecule has 22 heavy (non-hydrogen) atoms. The van der Waals surface area contributed by atoms with Crippen molar-refractivity contribution in [3.05, 3.63) is 35.4 Å². The number of sulfonamides is 1. The summed E-state index contributed by atoms with van der Waals surface area (Å²) in [5.41, 5.74) is 1.91. The molecule has 1 fully saturated rings. The lowest BCUT2D eigenvalue weighted by Gasteiger charge is -2.34. The van der Waals surface area contributed by atoms with Gasteiger partial charge in [0.15, 0.2) is 0 Å². The Bertz CT molecular complexity index is 576. The van der Waals surface area contributed by atoms with Gasteiger partial charge in [0.2, 0.25) is 10.0 Å². The Hall–Kier alpha value is -0.910. The molecule has 124 valence electrons. The fourth-order valence-corrected chi connectivity index (χ4v) is 4.27. The normalized spacial score (nSPS) is 18.0. The van der Waals surface area contributed by atoms with Crippen molar-refractivity contribution < 1.29 is 8.42 Å². The van der Waals surface area contributed by atoms with E-state index < -0.39 is 10.0 Å². The molecular formula is C17H28N2O2S. The zero-order chi connectivity index (χ0) is 16.2. The van der Waals surface area contributed by atoms with Gasteiger partial charge in [-0.1, -0.05) is 24.3 Å². The lowest BCUT2D eigenvalue weighted by atomic mass is 9.96. The number of likely N-dealkylation sites (tertiary alicyclic amines) is 1. The molecule has 5 heteroatoms. The van der Waals surface area contributed by atoms with E-state index in [1.54, 1.807) is 0 Å². The van der Waals surface area contributed by atoms with Crippen molar-refractivity contribution in [3.63, 3.8) is 0 Å². The van der Waals surface area contributed by atoms with E-state index in [9.17, 15) is 8.42 Å². The summed E-state index contributed by atoms with van der Waals surface area (Å²) < 4.78 is 27.3. The minimum atomic E-state index is -3.25. The van der Waals surface area contributed by atoms with Crippen LogP contribution < -0.4 is 4.72 Å². The molecule has 0 aliphatic carbocycles. The van der Waals surface area contributed by atoms with E-state index in [0.717, 1.165) is 37.1 Å². The minimum absolute atomic E-state index is 0.0739. The van der Waals surface area contributed by atoms with Crippen molar-refractivity contribution in [2.24, 2.45) is 5.92 Å². The zero-order valence-electron chi connectivity index (χ0n) is 13.9. The lowest BCUT2D eigenvalue weighted by Crippen LogP contribution is -2.41. The summed E-state index contributed by atoms with van der Waals surface area (Å²) in [5, 5.41) is 0. The van der Waals surface area contributed by atoms with Crippen LogP contribution in [0, 0.1) is 12.8 Å². The van der Waals surface area contributed by atoms with Crippen LogP contribution >= 0.6 is 0 Å². The largest absolute Gasteiger partial charge is 0.301 e. The van der Waals surface area contributed by atoms with Crippen LogP contribution in [0.25, 0.3) is 0 Å². The molecule has 0 bridgehead atoms. The monoisotopic (exact) mass is 324 g/mol. The highest BCUT2D eigenvalue weighted by Gasteiger charge is 2.22. The quantitative estimate of drug-likeness (QED) is 0.875. The molecular weight excluding hydrogens is 296 g/mol. The average Bonchev–Trinajstić information content (AvgIpc) is 2.48. The molecule has 1 aliphatic rings. The van der Waals surface area contributed by atoms with Crippen molar-refractivity contribution in [3.8, 4) is 0 Å². The first-order chi connectivity index (χ1) is 10.4. The molecule has 0 unspecified atom stereocenters. The van der Waals surface area contributed by atoms with Gasteiger partial charge in [-0.15, -0.1) is 0 Å². The first-order valence-electron chi connectivity index (χ1n) is 8.13. The number of aryl methyl sites for hydroxylation is 1. The van der Waals surface area contributed by atoms with E-state index in [2.05, 4.69) is 23.5 Å². The third kappa shape index (κ3) is 5.07. The van der Waals surface area contributed by atoms with E-state index >= 15 is 0 Å². The predicted octanol–water partition coefficient (Wildman–Crippen LogP) is 2.53. The molecule has 1 aliphatic heterocycles. The van der Waals surface area contributed by atoms with Crippen LogP contribution in [0.2, 0.25) is 0 Å². The summed E-state index contributed by atoms with van der Waals surface area (Å²) >= 11 is 0. The van der Waals surface area contributed by atoms with E-state index in [1.165, 1.54) is 0 Å². The molecule has 1 aromatic rings. The van der Waals surface area contributed by atoms with Gasteiger partial charge < -0.3 is 4.90 Å². The number of hydrogen-bond acceptors (Lipinski definition) is 3. The number of rotatable bonds is 6. The van der Waals surface area contributed by atoms with Gasteiger partial charge in [-0.25, -0.2) is 13.1 Å². The topological polar surface area (TPSA) is 49.4 Å². The Labute approximate surface area is 135 Å². The van der Waals surface area contributed by atoms with Crippen molar-refractivity contribution in [1.82, 2.24) is 9.62 Å². The van der Waals surface area contributed by atoms with Crippen LogP contribution in [0.1, 0.15) is 37.8 Å². The van der Waals surface area contributed by atoms with Crippen LogP contribution in [-0.2, 0) is 15.8 Å². The molecule has 1 aromatic carbocycles. The first-order valence-corrected chi connectivity index (χ1v) is 9.78. The molecule has 0 aromatic heterocycles. The van der Waals surface area contributed by atoms with Gasteiger partial charge in [0.25, 0.3) is 0 Å². The summed E-state index contributed by atoms with van der Waals surface area (Å²) in [4.78, 5) is 2.46. The molecule has 1 heterocycles. The third-order valence-corrected chi connectivity index (χ3v) is 5.88. The number of benzene rings is 1. The summed E-state index contributed by atoms with van der Waals surface area (Å²) in [7, 11) is -3.25. The van der Waals surface area contributed by atoms with Gasteiger partial charge in [0.1, 0.15) is 0 Å². The third-order valence-electron chi connectivity index (χ3n) is 4.58. The summed E-state index contributed by atoms with van der Waals surface area (Å²) in [5.74, 6) is 0.534. The van der Waals surface area contributed by atoms with Crippen molar-refractivity contribution >= 4 is 10.0 Å². The second-order valence-corrected chi connectivity index (χ2v) is 8.41. The molecule has 2 rings (SSSR count). The van der Waals surface area contributed by atoms with Gasteiger partial charge in [0, 0.05) is 12.6 Å². The average molecular weight is 324 g/mol. The first kappa shape index (κ1) is 17.4. The minimum Gasteiger partial charge on any atom is -0.301 e. The van der Waals surface area contributed by atoms with Crippen LogP contribution in [-0.4, -0.2) is 39.0 Å².